The predicted octanol–water partition coefficient (Wildman–Crippen LogP) is 4.63. The molecular formula is C14H6F10O2. The molecule has 0 aliphatic heterocycles. The first-order valence-electron chi connectivity index (χ1n) is 6.86. The van der Waals surface area contributed by atoms with E-state index in [1.807, 2.05) is 0 Å². The van der Waals surface area contributed by atoms with Crippen molar-refractivity contribution in [1.29, 1.82) is 0 Å². The van der Waals surface area contributed by atoms with Crippen molar-refractivity contribution in [2.75, 3.05) is 14.2 Å². The minimum absolute atomic E-state index is 0.549. The first-order valence-corrected chi connectivity index (χ1v) is 6.86. The van der Waals surface area contributed by atoms with Crippen LogP contribution in [0.2, 0.25) is 0 Å². The summed E-state index contributed by atoms with van der Waals surface area (Å²) in [7, 11) is 1.10. The molecule has 3 aliphatic carbocycles. The number of halogens is 10. The molecule has 0 spiro atoms. The summed E-state index contributed by atoms with van der Waals surface area (Å²) in [6.45, 7) is 0. The van der Waals surface area contributed by atoms with E-state index in [1.165, 1.54) is 0 Å². The van der Waals surface area contributed by atoms with Crippen LogP contribution in [-0.2, 0) is 44.9 Å². The lowest BCUT2D eigenvalue weighted by molar-refractivity contribution is -0.370. The fourth-order valence-electron chi connectivity index (χ4n) is 3.95. The Kier molecular flexibility index (Phi) is 2.73. The van der Waals surface area contributed by atoms with Crippen molar-refractivity contribution in [1.82, 2.24) is 0 Å². The largest absolute Gasteiger partial charge is 0.344 e. The average Bonchev–Trinajstić information content (AvgIpc) is 2.53. The van der Waals surface area contributed by atoms with Crippen molar-refractivity contribution < 1.29 is 53.4 Å². The summed E-state index contributed by atoms with van der Waals surface area (Å²) in [5.41, 5.74) is -11.6. The van der Waals surface area contributed by atoms with Crippen molar-refractivity contribution in [3.63, 3.8) is 0 Å². The van der Waals surface area contributed by atoms with Crippen LogP contribution in [-0.4, -0.2) is 14.2 Å². The van der Waals surface area contributed by atoms with E-state index in [1.54, 1.807) is 0 Å². The Balaban J connectivity index is 2.21. The van der Waals surface area contributed by atoms with Gasteiger partial charge >= 0.3 is 29.6 Å². The van der Waals surface area contributed by atoms with Gasteiger partial charge in [0.2, 0.25) is 0 Å². The highest BCUT2D eigenvalue weighted by molar-refractivity contribution is 5.74. The number of alkyl halides is 10. The van der Waals surface area contributed by atoms with Crippen molar-refractivity contribution in [3.8, 4) is 0 Å². The SMILES string of the molecule is COC1(OC)c2c3c(c4c(c2C1(F)F)C(F)(F)C4(F)F)C(F)(F)C3(F)F. The minimum Gasteiger partial charge on any atom is -0.344 e. The molecule has 26 heavy (non-hydrogen) atoms. The molecule has 4 rings (SSSR count). The van der Waals surface area contributed by atoms with E-state index in [0.717, 1.165) is 0 Å². The second-order valence-electron chi connectivity index (χ2n) is 6.15. The Morgan fingerprint density at radius 1 is 0.423 bits per heavy atom. The van der Waals surface area contributed by atoms with Crippen LogP contribution in [0.5, 0.6) is 0 Å². The van der Waals surface area contributed by atoms with Crippen LogP contribution in [0.25, 0.3) is 0 Å². The Bertz CT molecular complexity index is 840. The molecule has 0 bridgehead atoms. The van der Waals surface area contributed by atoms with Crippen molar-refractivity contribution in [2.45, 2.75) is 35.4 Å². The number of benzene rings is 1. The van der Waals surface area contributed by atoms with Gasteiger partial charge in [0.05, 0.1) is 0 Å². The van der Waals surface area contributed by atoms with Crippen LogP contribution >= 0.6 is 0 Å². The van der Waals surface area contributed by atoms with Gasteiger partial charge in [-0.05, 0) is 0 Å². The normalized spacial score (nSPS) is 28.6. The van der Waals surface area contributed by atoms with Crippen LogP contribution in [0.1, 0.15) is 33.4 Å². The number of fused-ring (bicyclic) bond motifs is 6. The molecule has 0 heterocycles. The third kappa shape index (κ3) is 1.23. The molecule has 12 heteroatoms. The lowest BCUT2D eigenvalue weighted by atomic mass is 9.56. The minimum atomic E-state index is -5.30. The number of hydrogen-bond donors (Lipinski definition) is 0. The second kappa shape index (κ2) is 3.98. The number of ether oxygens (including phenoxy) is 2. The van der Waals surface area contributed by atoms with E-state index >= 15 is 0 Å². The third-order valence-electron chi connectivity index (χ3n) is 5.18. The quantitative estimate of drug-likeness (QED) is 0.536. The topological polar surface area (TPSA) is 18.5 Å². The Morgan fingerprint density at radius 3 is 0.923 bits per heavy atom. The Hall–Kier alpha value is -1.56. The number of methoxy groups -OCH3 is 2. The van der Waals surface area contributed by atoms with Gasteiger partial charge in [0.1, 0.15) is 0 Å². The summed E-state index contributed by atoms with van der Waals surface area (Å²) in [5, 5.41) is 0. The zero-order valence-corrected chi connectivity index (χ0v) is 12.6. The van der Waals surface area contributed by atoms with Crippen LogP contribution in [0.4, 0.5) is 43.9 Å². The summed E-state index contributed by atoms with van der Waals surface area (Å²) in [6.07, 6.45) is 0. The van der Waals surface area contributed by atoms with E-state index in [9.17, 15) is 43.9 Å². The van der Waals surface area contributed by atoms with Gasteiger partial charge in [-0.2, -0.15) is 43.9 Å². The van der Waals surface area contributed by atoms with Crippen LogP contribution in [0.15, 0.2) is 0 Å². The number of rotatable bonds is 2. The summed E-state index contributed by atoms with van der Waals surface area (Å²) < 4.78 is 148. The molecule has 0 unspecified atom stereocenters. The van der Waals surface area contributed by atoms with Crippen molar-refractivity contribution >= 4 is 0 Å². The fraction of sp³-hybridized carbons (Fsp3) is 0.571. The molecule has 0 atom stereocenters. The zero-order valence-electron chi connectivity index (χ0n) is 12.6. The molecular weight excluding hydrogens is 390 g/mol. The van der Waals surface area contributed by atoms with Gasteiger partial charge < -0.3 is 9.47 Å². The summed E-state index contributed by atoms with van der Waals surface area (Å²) in [4.78, 5) is 0. The monoisotopic (exact) mass is 396 g/mol. The van der Waals surface area contributed by atoms with E-state index in [0.29, 0.717) is 14.2 Å². The van der Waals surface area contributed by atoms with E-state index in [-0.39, 0.29) is 0 Å². The predicted molar refractivity (Wildman–Crippen MR) is 61.6 cm³/mol. The number of hydrogen-bond acceptors (Lipinski definition) is 2. The lowest BCUT2D eigenvalue weighted by Crippen LogP contribution is -2.66. The second-order valence-corrected chi connectivity index (χ2v) is 6.15. The van der Waals surface area contributed by atoms with Gasteiger partial charge in [-0.3, -0.25) is 0 Å². The first kappa shape index (κ1) is 17.8. The van der Waals surface area contributed by atoms with Gasteiger partial charge in [0.25, 0.3) is 5.79 Å². The average molecular weight is 396 g/mol. The summed E-state index contributed by atoms with van der Waals surface area (Å²) >= 11 is 0. The molecule has 0 saturated carbocycles. The fourth-order valence-corrected chi connectivity index (χ4v) is 3.95. The van der Waals surface area contributed by atoms with Gasteiger partial charge in [0, 0.05) is 47.6 Å². The molecule has 3 aliphatic rings. The smallest absolute Gasteiger partial charge is 0.340 e. The van der Waals surface area contributed by atoms with Crippen LogP contribution in [0, 0.1) is 0 Å². The maximum atomic E-state index is 14.4. The molecule has 0 amide bonds. The highest BCUT2D eigenvalue weighted by atomic mass is 19.3. The highest BCUT2D eigenvalue weighted by Gasteiger charge is 2.86. The van der Waals surface area contributed by atoms with E-state index < -0.39 is 68.8 Å². The maximum Gasteiger partial charge on any atom is 0.340 e. The van der Waals surface area contributed by atoms with Crippen LogP contribution in [0.3, 0.4) is 0 Å². The van der Waals surface area contributed by atoms with Crippen molar-refractivity contribution in [3.05, 3.63) is 33.4 Å². The molecule has 0 radical (unpaired) electrons. The zero-order chi connectivity index (χ0) is 19.9. The van der Waals surface area contributed by atoms with Gasteiger partial charge in [-0.25, -0.2) is 0 Å². The van der Waals surface area contributed by atoms with E-state index in [4.69, 9.17) is 0 Å². The van der Waals surface area contributed by atoms with Gasteiger partial charge in [-0.15, -0.1) is 0 Å². The Morgan fingerprint density at radius 2 is 0.654 bits per heavy atom. The first-order chi connectivity index (χ1) is 11.6. The summed E-state index contributed by atoms with van der Waals surface area (Å²) in [5.74, 6) is -28.8. The molecule has 0 N–H and O–H groups in total. The lowest BCUT2D eigenvalue weighted by Gasteiger charge is -2.58. The van der Waals surface area contributed by atoms with Crippen LogP contribution < -0.4 is 0 Å². The highest BCUT2D eigenvalue weighted by Crippen LogP contribution is 2.78. The molecule has 0 fully saturated rings. The van der Waals surface area contributed by atoms with Gasteiger partial charge in [-0.1, -0.05) is 0 Å². The molecule has 1 aromatic rings. The van der Waals surface area contributed by atoms with Crippen molar-refractivity contribution in [2.24, 2.45) is 0 Å². The maximum absolute atomic E-state index is 14.4. The molecule has 1 aromatic carbocycles. The van der Waals surface area contributed by atoms with Gasteiger partial charge in [0.15, 0.2) is 0 Å². The Labute approximate surface area is 137 Å². The van der Waals surface area contributed by atoms with E-state index in [2.05, 4.69) is 9.47 Å². The molecule has 0 aromatic heterocycles. The molecule has 144 valence electrons. The molecule has 0 saturated heterocycles. The standard InChI is InChI=1S/C14H6F10O2/c1-25-14(26-2)8-6-4(10(17,18)12(6,21)22)3-5(7(8)13(14,23)24)11(19,20)9(3,15)16/h1-2H3. The third-order valence-corrected chi connectivity index (χ3v) is 5.18. The summed E-state index contributed by atoms with van der Waals surface area (Å²) in [6, 6.07) is 0. The molecule has 2 nitrogen and oxygen atoms in total.